The van der Waals surface area contributed by atoms with E-state index in [0.717, 1.165) is 16.1 Å². The van der Waals surface area contributed by atoms with E-state index in [1.165, 1.54) is 23.9 Å². The van der Waals surface area contributed by atoms with E-state index in [1.807, 2.05) is 24.3 Å². The van der Waals surface area contributed by atoms with E-state index in [0.29, 0.717) is 4.91 Å². The number of amides is 1. The average molecular weight is 271 g/mol. The molecule has 0 aromatic heterocycles. The third-order valence-electron chi connectivity index (χ3n) is 2.75. The van der Waals surface area contributed by atoms with Crippen LogP contribution >= 0.6 is 11.8 Å². The molecule has 2 aromatic carbocycles. The first-order valence-electron chi connectivity index (χ1n) is 5.78. The second-order valence-electron chi connectivity index (χ2n) is 4.11. The number of nitrogens with one attached hydrogen (secondary N) is 1. The van der Waals surface area contributed by atoms with Gasteiger partial charge in [-0.05, 0) is 35.9 Å². The number of carbonyl (C=O) groups excluding carboxylic acids is 1. The van der Waals surface area contributed by atoms with Crippen molar-refractivity contribution in [3.05, 3.63) is 64.8 Å². The van der Waals surface area contributed by atoms with Crippen LogP contribution in [0.2, 0.25) is 0 Å². The number of thioether (sulfide) groups is 1. The minimum atomic E-state index is -0.284. The summed E-state index contributed by atoms with van der Waals surface area (Å²) >= 11 is 1.42. The van der Waals surface area contributed by atoms with Gasteiger partial charge in [0.1, 0.15) is 5.82 Å². The number of anilines is 1. The number of hydrogen-bond donors (Lipinski definition) is 1. The van der Waals surface area contributed by atoms with Gasteiger partial charge in [-0.2, -0.15) is 0 Å². The maximum Gasteiger partial charge on any atom is 0.262 e. The van der Waals surface area contributed by atoms with Crippen molar-refractivity contribution in [3.8, 4) is 0 Å². The van der Waals surface area contributed by atoms with Gasteiger partial charge >= 0.3 is 0 Å². The SMILES string of the molecule is O=C1Nc2ccccc2SC1=Cc1ccc(F)cc1. The molecule has 4 heteroatoms. The number of hydrogen-bond acceptors (Lipinski definition) is 2. The summed E-state index contributed by atoms with van der Waals surface area (Å²) in [6.07, 6.45) is 1.76. The Morgan fingerprint density at radius 1 is 1.05 bits per heavy atom. The lowest BCUT2D eigenvalue weighted by Crippen LogP contribution is -2.17. The Kier molecular flexibility index (Phi) is 3.09. The summed E-state index contributed by atoms with van der Waals surface area (Å²) in [7, 11) is 0. The Balaban J connectivity index is 1.94. The zero-order valence-corrected chi connectivity index (χ0v) is 10.7. The fourth-order valence-corrected chi connectivity index (χ4v) is 2.76. The van der Waals surface area contributed by atoms with Crippen LogP contribution in [0.15, 0.2) is 58.3 Å². The van der Waals surface area contributed by atoms with Gasteiger partial charge in [0.25, 0.3) is 5.91 Å². The molecule has 3 rings (SSSR count). The minimum Gasteiger partial charge on any atom is -0.320 e. The molecule has 1 heterocycles. The van der Waals surface area contributed by atoms with Gasteiger partial charge in [-0.1, -0.05) is 36.0 Å². The molecule has 0 atom stereocenters. The Bertz CT molecular complexity index is 664. The first-order valence-corrected chi connectivity index (χ1v) is 6.59. The largest absolute Gasteiger partial charge is 0.320 e. The van der Waals surface area contributed by atoms with Crippen LogP contribution in [0.3, 0.4) is 0 Å². The van der Waals surface area contributed by atoms with Crippen molar-refractivity contribution in [3.63, 3.8) is 0 Å². The maximum atomic E-state index is 12.8. The summed E-state index contributed by atoms with van der Waals surface area (Å²) in [6, 6.07) is 13.7. The van der Waals surface area contributed by atoms with Crippen molar-refractivity contribution < 1.29 is 9.18 Å². The van der Waals surface area contributed by atoms with Crippen LogP contribution in [0.4, 0.5) is 10.1 Å². The highest BCUT2D eigenvalue weighted by Crippen LogP contribution is 2.38. The lowest BCUT2D eigenvalue weighted by Gasteiger charge is -2.18. The van der Waals surface area contributed by atoms with Crippen molar-refractivity contribution >= 4 is 29.4 Å². The van der Waals surface area contributed by atoms with Gasteiger partial charge in [0, 0.05) is 4.90 Å². The van der Waals surface area contributed by atoms with Gasteiger partial charge in [0.2, 0.25) is 0 Å². The molecule has 1 N–H and O–H groups in total. The van der Waals surface area contributed by atoms with Crippen molar-refractivity contribution in [1.29, 1.82) is 0 Å². The van der Waals surface area contributed by atoms with Gasteiger partial charge in [0.05, 0.1) is 10.6 Å². The third kappa shape index (κ3) is 2.53. The number of fused-ring (bicyclic) bond motifs is 1. The summed E-state index contributed by atoms with van der Waals surface area (Å²) in [5.41, 5.74) is 1.63. The Morgan fingerprint density at radius 2 is 1.79 bits per heavy atom. The number of carbonyl (C=O) groups is 1. The number of halogens is 1. The van der Waals surface area contributed by atoms with Crippen LogP contribution in [0.25, 0.3) is 6.08 Å². The number of benzene rings is 2. The lowest BCUT2D eigenvalue weighted by atomic mass is 10.2. The van der Waals surface area contributed by atoms with Gasteiger partial charge in [-0.25, -0.2) is 4.39 Å². The van der Waals surface area contributed by atoms with Crippen LogP contribution in [-0.2, 0) is 4.79 Å². The Morgan fingerprint density at radius 3 is 2.58 bits per heavy atom. The summed E-state index contributed by atoms with van der Waals surface area (Å²) in [5, 5.41) is 2.84. The highest BCUT2D eigenvalue weighted by atomic mass is 32.2. The monoisotopic (exact) mass is 271 g/mol. The van der Waals surface area contributed by atoms with Crippen molar-refractivity contribution in [2.75, 3.05) is 5.32 Å². The molecule has 1 aliphatic heterocycles. The molecule has 1 aliphatic rings. The predicted octanol–water partition coefficient (Wildman–Crippen LogP) is 3.91. The normalized spacial score (nSPS) is 16.1. The molecule has 94 valence electrons. The molecule has 0 saturated carbocycles. The minimum absolute atomic E-state index is 0.131. The van der Waals surface area contributed by atoms with Crippen LogP contribution < -0.4 is 5.32 Å². The van der Waals surface area contributed by atoms with Crippen LogP contribution in [0, 0.1) is 5.82 Å². The smallest absolute Gasteiger partial charge is 0.262 e. The summed E-state index contributed by atoms with van der Waals surface area (Å²) in [6.45, 7) is 0. The standard InChI is InChI=1S/C15H10FNOS/c16-11-7-5-10(6-8-11)9-14-15(18)17-12-3-1-2-4-13(12)19-14/h1-9H,(H,17,18). The van der Waals surface area contributed by atoms with Gasteiger partial charge in [-0.15, -0.1) is 0 Å². The third-order valence-corrected chi connectivity index (χ3v) is 3.85. The van der Waals surface area contributed by atoms with Gasteiger partial charge < -0.3 is 5.32 Å². The number of para-hydroxylation sites is 1. The van der Waals surface area contributed by atoms with E-state index < -0.39 is 0 Å². The van der Waals surface area contributed by atoms with Crippen molar-refractivity contribution in [2.45, 2.75) is 4.90 Å². The molecule has 0 unspecified atom stereocenters. The highest BCUT2D eigenvalue weighted by Gasteiger charge is 2.20. The highest BCUT2D eigenvalue weighted by molar-refractivity contribution is 8.04. The summed E-state index contributed by atoms with van der Waals surface area (Å²) in [4.78, 5) is 13.6. The van der Waals surface area contributed by atoms with E-state index in [2.05, 4.69) is 5.32 Å². The molecule has 0 aliphatic carbocycles. The fourth-order valence-electron chi connectivity index (χ4n) is 1.81. The molecule has 0 radical (unpaired) electrons. The average Bonchev–Trinajstić information content (AvgIpc) is 2.42. The van der Waals surface area contributed by atoms with Crippen molar-refractivity contribution in [1.82, 2.24) is 0 Å². The Labute approximate surface area is 114 Å². The van der Waals surface area contributed by atoms with Gasteiger partial charge in [0.15, 0.2) is 0 Å². The quantitative estimate of drug-likeness (QED) is 0.797. The van der Waals surface area contributed by atoms with Crippen LogP contribution in [0.5, 0.6) is 0 Å². The molecule has 2 aromatic rings. The molecular formula is C15H10FNOS. The molecule has 0 bridgehead atoms. The molecule has 1 amide bonds. The Hall–Kier alpha value is -2.07. The molecule has 0 fully saturated rings. The first kappa shape index (κ1) is 12.0. The molecular weight excluding hydrogens is 261 g/mol. The van der Waals surface area contributed by atoms with Gasteiger partial charge in [-0.3, -0.25) is 4.79 Å². The predicted molar refractivity (Wildman–Crippen MR) is 75.3 cm³/mol. The van der Waals surface area contributed by atoms with E-state index in [-0.39, 0.29) is 11.7 Å². The fraction of sp³-hybridized carbons (Fsp3) is 0. The zero-order chi connectivity index (χ0) is 13.2. The first-order chi connectivity index (χ1) is 9.22. The molecule has 0 saturated heterocycles. The van der Waals surface area contributed by atoms with E-state index in [1.54, 1.807) is 18.2 Å². The zero-order valence-electron chi connectivity index (χ0n) is 9.89. The van der Waals surface area contributed by atoms with Crippen molar-refractivity contribution in [2.24, 2.45) is 0 Å². The topological polar surface area (TPSA) is 29.1 Å². The lowest BCUT2D eigenvalue weighted by molar-refractivity contribution is -0.112. The molecule has 19 heavy (non-hydrogen) atoms. The maximum absolute atomic E-state index is 12.8. The second-order valence-corrected chi connectivity index (χ2v) is 5.20. The van der Waals surface area contributed by atoms with Crippen LogP contribution in [-0.4, -0.2) is 5.91 Å². The summed E-state index contributed by atoms with van der Waals surface area (Å²) in [5.74, 6) is -0.415. The molecule has 2 nitrogen and oxygen atoms in total. The van der Waals surface area contributed by atoms with Crippen LogP contribution in [0.1, 0.15) is 5.56 Å². The molecule has 0 spiro atoms. The second kappa shape index (κ2) is 4.90. The van der Waals surface area contributed by atoms with E-state index in [9.17, 15) is 9.18 Å². The van der Waals surface area contributed by atoms with E-state index >= 15 is 0 Å². The van der Waals surface area contributed by atoms with E-state index in [4.69, 9.17) is 0 Å². The summed E-state index contributed by atoms with van der Waals surface area (Å²) < 4.78 is 12.8. The number of rotatable bonds is 1.